The molecule has 0 saturated carbocycles. The van der Waals surface area contributed by atoms with E-state index in [1.807, 2.05) is 36.4 Å². The van der Waals surface area contributed by atoms with Crippen molar-refractivity contribution < 1.29 is 24.6 Å². The Balaban J connectivity index is 2.04. The highest BCUT2D eigenvalue weighted by molar-refractivity contribution is 5.87. The maximum absolute atomic E-state index is 12.7. The number of rotatable bonds is 11. The Kier molecular flexibility index (Phi) is 8.71. The lowest BCUT2D eigenvalue weighted by Crippen LogP contribution is -2.50. The number of hydrogen-bond donors (Lipinski definition) is 3. The third-order valence-corrected chi connectivity index (χ3v) is 4.37. The number of aliphatic carboxylic acids is 2. The molecule has 3 N–H and O–H groups in total. The zero-order valence-corrected chi connectivity index (χ0v) is 16.6. The second kappa shape index (κ2) is 11.5. The van der Waals surface area contributed by atoms with E-state index < -0.39 is 36.5 Å². The summed E-state index contributed by atoms with van der Waals surface area (Å²) in [6.07, 6.45) is 2.19. The predicted octanol–water partition coefficient (Wildman–Crippen LogP) is 2.00. The smallest absolute Gasteiger partial charge is 0.325 e. The number of hydrazone groups is 1. The molecule has 158 valence electrons. The number of hydrogen-bond acceptors (Lipinski definition) is 5. The molecule has 2 aromatic rings. The number of benzene rings is 2. The van der Waals surface area contributed by atoms with Crippen molar-refractivity contribution in [3.05, 3.63) is 71.8 Å². The maximum atomic E-state index is 12.7. The first-order valence-corrected chi connectivity index (χ1v) is 9.52. The van der Waals surface area contributed by atoms with E-state index in [2.05, 4.69) is 10.4 Å². The standard InChI is InChI=1S/C22H25N3O5/c1-16(24-19(22(29)30)13-12-17-8-4-2-5-9-17)21(28)25(15-20(26)27)23-14-18-10-6-3-7-11-18/h2-11,14,16,19,24H,12-13,15H2,1H3,(H,26,27)(H,29,30)/b23-14-/t16-,19?/m0/s1. The van der Waals surface area contributed by atoms with Gasteiger partial charge in [0.05, 0.1) is 12.3 Å². The lowest BCUT2D eigenvalue weighted by atomic mass is 10.0. The Bertz CT molecular complexity index is 871. The van der Waals surface area contributed by atoms with Gasteiger partial charge in [-0.2, -0.15) is 5.10 Å². The third kappa shape index (κ3) is 7.48. The van der Waals surface area contributed by atoms with Crippen molar-refractivity contribution in [3.8, 4) is 0 Å². The van der Waals surface area contributed by atoms with Crippen LogP contribution in [0, 0.1) is 0 Å². The molecular formula is C22H25N3O5. The molecule has 2 atom stereocenters. The molecule has 0 bridgehead atoms. The van der Waals surface area contributed by atoms with Crippen LogP contribution in [0.15, 0.2) is 65.8 Å². The summed E-state index contributed by atoms with van der Waals surface area (Å²) in [5.41, 5.74) is 1.69. The van der Waals surface area contributed by atoms with Crippen LogP contribution in [-0.2, 0) is 20.8 Å². The van der Waals surface area contributed by atoms with Crippen LogP contribution in [0.4, 0.5) is 0 Å². The van der Waals surface area contributed by atoms with Crippen molar-refractivity contribution >= 4 is 24.1 Å². The van der Waals surface area contributed by atoms with Gasteiger partial charge in [-0.1, -0.05) is 60.7 Å². The Labute approximate surface area is 174 Å². The van der Waals surface area contributed by atoms with Crippen molar-refractivity contribution in [1.82, 2.24) is 10.3 Å². The van der Waals surface area contributed by atoms with Gasteiger partial charge < -0.3 is 10.2 Å². The van der Waals surface area contributed by atoms with Crippen LogP contribution >= 0.6 is 0 Å². The second-order valence-corrected chi connectivity index (χ2v) is 6.75. The summed E-state index contributed by atoms with van der Waals surface area (Å²) in [6.45, 7) is 0.865. The number of nitrogens with zero attached hydrogens (tertiary/aromatic N) is 2. The molecule has 0 aliphatic heterocycles. The van der Waals surface area contributed by atoms with Crippen LogP contribution < -0.4 is 5.32 Å². The fourth-order valence-corrected chi connectivity index (χ4v) is 2.81. The second-order valence-electron chi connectivity index (χ2n) is 6.75. The number of aryl methyl sites for hydroxylation is 1. The highest BCUT2D eigenvalue weighted by Crippen LogP contribution is 2.07. The van der Waals surface area contributed by atoms with Gasteiger partial charge in [-0.05, 0) is 30.9 Å². The van der Waals surface area contributed by atoms with Gasteiger partial charge in [0.2, 0.25) is 0 Å². The topological polar surface area (TPSA) is 119 Å². The minimum absolute atomic E-state index is 0.281. The molecule has 0 fully saturated rings. The van der Waals surface area contributed by atoms with Crippen molar-refractivity contribution in [1.29, 1.82) is 0 Å². The Morgan fingerprint density at radius 2 is 1.63 bits per heavy atom. The number of carbonyl (C=O) groups excluding carboxylic acids is 1. The molecule has 0 aliphatic rings. The zero-order chi connectivity index (χ0) is 21.9. The molecule has 8 heteroatoms. The van der Waals surface area contributed by atoms with Gasteiger partial charge in [0.1, 0.15) is 12.6 Å². The van der Waals surface area contributed by atoms with E-state index in [4.69, 9.17) is 5.11 Å². The van der Waals surface area contributed by atoms with Crippen LogP contribution in [0.1, 0.15) is 24.5 Å². The van der Waals surface area contributed by atoms with E-state index in [-0.39, 0.29) is 6.42 Å². The molecule has 30 heavy (non-hydrogen) atoms. The Morgan fingerprint density at radius 3 is 2.20 bits per heavy atom. The van der Waals surface area contributed by atoms with Crippen molar-refractivity contribution in [2.75, 3.05) is 6.54 Å². The van der Waals surface area contributed by atoms with E-state index in [0.29, 0.717) is 12.0 Å². The van der Waals surface area contributed by atoms with E-state index >= 15 is 0 Å². The van der Waals surface area contributed by atoms with E-state index in [1.54, 1.807) is 24.3 Å². The molecule has 0 heterocycles. The largest absolute Gasteiger partial charge is 0.480 e. The minimum Gasteiger partial charge on any atom is -0.480 e. The van der Waals surface area contributed by atoms with E-state index in [9.17, 15) is 19.5 Å². The maximum Gasteiger partial charge on any atom is 0.325 e. The van der Waals surface area contributed by atoms with Crippen LogP contribution in [-0.4, -0.2) is 57.9 Å². The van der Waals surface area contributed by atoms with E-state index in [0.717, 1.165) is 10.6 Å². The summed E-state index contributed by atoms with van der Waals surface area (Å²) in [4.78, 5) is 35.5. The van der Waals surface area contributed by atoms with Crippen LogP contribution in [0.3, 0.4) is 0 Å². The molecular weight excluding hydrogens is 386 g/mol. The molecule has 1 amide bonds. The summed E-state index contributed by atoms with van der Waals surface area (Å²) >= 11 is 0. The number of amides is 1. The lowest BCUT2D eigenvalue weighted by Gasteiger charge is -2.23. The van der Waals surface area contributed by atoms with Crippen LogP contribution in [0.25, 0.3) is 0 Å². The summed E-state index contributed by atoms with van der Waals surface area (Å²) in [7, 11) is 0. The highest BCUT2D eigenvalue weighted by atomic mass is 16.4. The molecule has 8 nitrogen and oxygen atoms in total. The summed E-state index contributed by atoms with van der Waals surface area (Å²) in [5, 5.41) is 26.2. The normalized spacial score (nSPS) is 13.0. The Morgan fingerprint density at radius 1 is 1.03 bits per heavy atom. The molecule has 2 rings (SSSR count). The van der Waals surface area contributed by atoms with Gasteiger partial charge in [0.25, 0.3) is 5.91 Å². The molecule has 0 spiro atoms. The van der Waals surface area contributed by atoms with Crippen molar-refractivity contribution in [2.45, 2.75) is 31.8 Å². The third-order valence-electron chi connectivity index (χ3n) is 4.37. The van der Waals surface area contributed by atoms with Crippen molar-refractivity contribution in [3.63, 3.8) is 0 Å². The van der Waals surface area contributed by atoms with Crippen LogP contribution in [0.2, 0.25) is 0 Å². The van der Waals surface area contributed by atoms with Gasteiger partial charge in [-0.15, -0.1) is 0 Å². The number of carboxylic acid groups (broad SMARTS) is 2. The average molecular weight is 411 g/mol. The fraction of sp³-hybridized carbons (Fsp3) is 0.273. The summed E-state index contributed by atoms with van der Waals surface area (Å²) < 4.78 is 0. The van der Waals surface area contributed by atoms with Crippen molar-refractivity contribution in [2.24, 2.45) is 5.10 Å². The molecule has 0 aromatic heterocycles. The van der Waals surface area contributed by atoms with Gasteiger partial charge >= 0.3 is 11.9 Å². The number of carbonyl (C=O) groups is 3. The first-order chi connectivity index (χ1) is 14.4. The summed E-state index contributed by atoms with van der Waals surface area (Å²) in [6, 6.07) is 16.5. The number of nitrogens with one attached hydrogen (secondary N) is 1. The Hall–Kier alpha value is -3.52. The monoisotopic (exact) mass is 411 g/mol. The first-order valence-electron chi connectivity index (χ1n) is 9.52. The molecule has 1 unspecified atom stereocenters. The predicted molar refractivity (Wildman–Crippen MR) is 112 cm³/mol. The molecule has 0 radical (unpaired) electrons. The minimum atomic E-state index is -1.22. The molecule has 2 aromatic carbocycles. The van der Waals surface area contributed by atoms with Gasteiger partial charge in [0.15, 0.2) is 0 Å². The number of carboxylic acids is 2. The highest BCUT2D eigenvalue weighted by Gasteiger charge is 2.27. The zero-order valence-electron chi connectivity index (χ0n) is 16.6. The van der Waals surface area contributed by atoms with E-state index in [1.165, 1.54) is 13.1 Å². The lowest BCUT2D eigenvalue weighted by molar-refractivity contribution is -0.146. The fourth-order valence-electron chi connectivity index (χ4n) is 2.81. The first kappa shape index (κ1) is 22.8. The molecule has 0 aliphatic carbocycles. The average Bonchev–Trinajstić information content (AvgIpc) is 2.74. The van der Waals surface area contributed by atoms with Gasteiger partial charge in [-0.3, -0.25) is 19.7 Å². The SMILES string of the molecule is C[C@H](NC(CCc1ccccc1)C(=O)O)C(=O)N(CC(=O)O)/N=C\c1ccccc1. The van der Waals surface area contributed by atoms with Crippen LogP contribution in [0.5, 0.6) is 0 Å². The van der Waals surface area contributed by atoms with Gasteiger partial charge in [-0.25, -0.2) is 5.01 Å². The summed E-state index contributed by atoms with van der Waals surface area (Å²) in [5.74, 6) is -2.93. The quantitative estimate of drug-likeness (QED) is 0.384. The van der Waals surface area contributed by atoms with Gasteiger partial charge in [0, 0.05) is 0 Å². The molecule has 0 saturated heterocycles.